The van der Waals surface area contributed by atoms with Gasteiger partial charge in [-0.25, -0.2) is 0 Å². The number of ether oxygens (including phenoxy) is 2. The van der Waals surface area contributed by atoms with Crippen molar-refractivity contribution in [1.29, 1.82) is 0 Å². The van der Waals surface area contributed by atoms with Crippen molar-refractivity contribution in [2.24, 2.45) is 5.92 Å². The molecule has 0 heterocycles. The van der Waals surface area contributed by atoms with Crippen molar-refractivity contribution in [2.45, 2.75) is 40.0 Å². The molecule has 0 aliphatic heterocycles. The largest absolute Gasteiger partial charge is 0.491 e. The van der Waals surface area contributed by atoms with Crippen LogP contribution in [0.4, 0.5) is 5.69 Å². The molecule has 2 aromatic carbocycles. The summed E-state index contributed by atoms with van der Waals surface area (Å²) in [6, 6.07) is 13.3. The van der Waals surface area contributed by atoms with Crippen molar-refractivity contribution in [2.75, 3.05) is 18.5 Å². The number of amides is 1. The first-order valence-electron chi connectivity index (χ1n) is 9.11. The molecule has 5 heteroatoms. The lowest BCUT2D eigenvalue weighted by molar-refractivity contribution is -0.118. The molecule has 0 bridgehead atoms. The van der Waals surface area contributed by atoms with E-state index in [2.05, 4.69) is 55.9 Å². The molecule has 1 N–H and O–H groups in total. The van der Waals surface area contributed by atoms with Crippen LogP contribution in [0.15, 0.2) is 46.9 Å². The third kappa shape index (κ3) is 6.58. The first-order valence-corrected chi connectivity index (χ1v) is 9.90. The molecule has 0 aromatic heterocycles. The maximum atomic E-state index is 12.4. The summed E-state index contributed by atoms with van der Waals surface area (Å²) in [4.78, 5) is 12.4. The van der Waals surface area contributed by atoms with Crippen LogP contribution in [0.25, 0.3) is 0 Å². The van der Waals surface area contributed by atoms with Gasteiger partial charge in [-0.05, 0) is 41.7 Å². The van der Waals surface area contributed by atoms with Crippen LogP contribution in [0.2, 0.25) is 0 Å². The summed E-state index contributed by atoms with van der Waals surface area (Å²) in [5, 5.41) is 2.88. The fraction of sp³-hybridized carbons (Fsp3) is 0.409. The fourth-order valence-corrected chi connectivity index (χ4v) is 2.86. The summed E-state index contributed by atoms with van der Waals surface area (Å²) in [6.45, 7) is 11.0. The van der Waals surface area contributed by atoms with Gasteiger partial charge in [-0.3, -0.25) is 4.79 Å². The van der Waals surface area contributed by atoms with Gasteiger partial charge in [0.2, 0.25) is 0 Å². The molecular weight excluding hydrogens is 406 g/mol. The van der Waals surface area contributed by atoms with Crippen LogP contribution in [-0.2, 0) is 10.2 Å². The molecule has 4 nitrogen and oxygen atoms in total. The number of anilines is 1. The second-order valence-corrected chi connectivity index (χ2v) is 8.84. The van der Waals surface area contributed by atoms with E-state index in [-0.39, 0.29) is 17.9 Å². The minimum atomic E-state index is -0.224. The number of hydrogen-bond donors (Lipinski definition) is 1. The van der Waals surface area contributed by atoms with Crippen molar-refractivity contribution < 1.29 is 14.3 Å². The van der Waals surface area contributed by atoms with Gasteiger partial charge in [0.15, 0.2) is 6.61 Å². The zero-order chi connectivity index (χ0) is 20.0. The van der Waals surface area contributed by atoms with Gasteiger partial charge in [0.1, 0.15) is 11.5 Å². The second kappa shape index (κ2) is 9.27. The highest BCUT2D eigenvalue weighted by Gasteiger charge is 2.20. The van der Waals surface area contributed by atoms with Gasteiger partial charge >= 0.3 is 0 Å². The highest BCUT2D eigenvalue weighted by Crippen LogP contribution is 2.33. The van der Waals surface area contributed by atoms with Crippen molar-refractivity contribution in [1.82, 2.24) is 0 Å². The summed E-state index contributed by atoms with van der Waals surface area (Å²) < 4.78 is 12.6. The van der Waals surface area contributed by atoms with Gasteiger partial charge in [-0.1, -0.05) is 62.7 Å². The van der Waals surface area contributed by atoms with Crippen LogP contribution in [0.5, 0.6) is 11.5 Å². The summed E-state index contributed by atoms with van der Waals surface area (Å²) >= 11 is 3.50. The van der Waals surface area contributed by atoms with E-state index in [1.165, 1.54) is 0 Å². The molecule has 0 saturated carbocycles. The molecule has 0 radical (unpaired) electrons. The Bertz CT molecular complexity index is 781. The zero-order valence-corrected chi connectivity index (χ0v) is 18.2. The number of para-hydroxylation sites is 2. The molecule has 0 saturated heterocycles. The predicted molar refractivity (Wildman–Crippen MR) is 114 cm³/mol. The lowest BCUT2D eigenvalue weighted by atomic mass is 9.86. The van der Waals surface area contributed by atoms with E-state index in [9.17, 15) is 4.79 Å². The summed E-state index contributed by atoms with van der Waals surface area (Å²) in [5.74, 6) is 1.56. The first-order chi connectivity index (χ1) is 12.7. The van der Waals surface area contributed by atoms with Crippen molar-refractivity contribution in [3.63, 3.8) is 0 Å². The molecule has 0 atom stereocenters. The van der Waals surface area contributed by atoms with Crippen molar-refractivity contribution >= 4 is 27.5 Å². The van der Waals surface area contributed by atoms with Crippen molar-refractivity contribution in [3.8, 4) is 11.5 Å². The lowest BCUT2D eigenvalue weighted by Gasteiger charge is -2.23. The maximum absolute atomic E-state index is 12.4. The number of hydrogen-bond acceptors (Lipinski definition) is 3. The smallest absolute Gasteiger partial charge is 0.262 e. The Morgan fingerprint density at radius 3 is 2.44 bits per heavy atom. The Balaban J connectivity index is 2.04. The topological polar surface area (TPSA) is 47.6 Å². The van der Waals surface area contributed by atoms with Gasteiger partial charge in [0.05, 0.1) is 12.3 Å². The number of benzene rings is 2. The van der Waals surface area contributed by atoms with Gasteiger partial charge in [-0.15, -0.1) is 0 Å². The molecule has 0 spiro atoms. The molecule has 2 aromatic rings. The summed E-state index contributed by atoms with van der Waals surface area (Å²) in [6.07, 6.45) is 0. The molecule has 2 rings (SSSR count). The highest BCUT2D eigenvalue weighted by molar-refractivity contribution is 9.10. The maximum Gasteiger partial charge on any atom is 0.262 e. The quantitative estimate of drug-likeness (QED) is 0.599. The number of halogens is 1. The van der Waals surface area contributed by atoms with Crippen LogP contribution in [0, 0.1) is 5.92 Å². The summed E-state index contributed by atoms with van der Waals surface area (Å²) in [7, 11) is 0. The molecule has 0 fully saturated rings. The normalized spacial score (nSPS) is 11.4. The Labute approximate surface area is 170 Å². The van der Waals surface area contributed by atoms with Crippen LogP contribution in [-0.4, -0.2) is 19.1 Å². The summed E-state index contributed by atoms with van der Waals surface area (Å²) in [5.41, 5.74) is 1.61. The Morgan fingerprint density at radius 2 is 1.78 bits per heavy atom. The third-order valence-corrected chi connectivity index (χ3v) is 4.33. The predicted octanol–water partition coefficient (Wildman–Crippen LogP) is 5.80. The van der Waals surface area contributed by atoms with Crippen LogP contribution < -0.4 is 14.8 Å². The first kappa shape index (κ1) is 21.3. The van der Waals surface area contributed by atoms with Crippen LogP contribution >= 0.6 is 15.9 Å². The molecule has 27 heavy (non-hydrogen) atoms. The molecular formula is C22H28BrNO3. The van der Waals surface area contributed by atoms with Crippen LogP contribution in [0.1, 0.15) is 40.2 Å². The van der Waals surface area contributed by atoms with Gasteiger partial charge in [0, 0.05) is 10.0 Å². The van der Waals surface area contributed by atoms with Gasteiger partial charge in [-0.2, -0.15) is 0 Å². The number of nitrogens with one attached hydrogen (secondary N) is 1. The molecule has 1 amide bonds. The van der Waals surface area contributed by atoms with E-state index in [1.807, 2.05) is 42.5 Å². The van der Waals surface area contributed by atoms with Gasteiger partial charge in [0.25, 0.3) is 5.91 Å². The average Bonchev–Trinajstić information content (AvgIpc) is 2.59. The van der Waals surface area contributed by atoms with E-state index in [0.717, 1.165) is 10.0 Å². The fourth-order valence-electron chi connectivity index (χ4n) is 2.50. The number of rotatable bonds is 7. The second-order valence-electron chi connectivity index (χ2n) is 7.93. The number of carbonyl (C=O) groups excluding carboxylic acids is 1. The third-order valence-electron chi connectivity index (χ3n) is 3.84. The van der Waals surface area contributed by atoms with Crippen LogP contribution in [0.3, 0.4) is 0 Å². The number of carbonyl (C=O) groups is 1. The molecule has 0 aliphatic carbocycles. The van der Waals surface area contributed by atoms with E-state index >= 15 is 0 Å². The molecule has 0 unspecified atom stereocenters. The zero-order valence-electron chi connectivity index (χ0n) is 16.6. The molecule has 146 valence electrons. The van der Waals surface area contributed by atoms with E-state index < -0.39 is 0 Å². The van der Waals surface area contributed by atoms with E-state index in [4.69, 9.17) is 9.47 Å². The minimum absolute atomic E-state index is 0.0662. The van der Waals surface area contributed by atoms with Crippen molar-refractivity contribution in [3.05, 3.63) is 52.5 Å². The Hall–Kier alpha value is -2.01. The van der Waals surface area contributed by atoms with E-state index in [1.54, 1.807) is 0 Å². The lowest BCUT2D eigenvalue weighted by Crippen LogP contribution is -2.22. The average molecular weight is 434 g/mol. The van der Waals surface area contributed by atoms with E-state index in [0.29, 0.717) is 29.7 Å². The molecule has 0 aliphatic rings. The monoisotopic (exact) mass is 433 g/mol. The standard InChI is InChI=1S/C22H28BrNO3/c1-15(2)13-26-20-9-7-6-8-18(20)24-21(25)14-27-19-11-10-16(23)12-17(19)22(3,4)5/h6-12,15H,13-14H2,1-5H3,(H,24,25). The minimum Gasteiger partial charge on any atom is -0.491 e. The Kier molecular flexibility index (Phi) is 7.31. The Morgan fingerprint density at radius 1 is 1.07 bits per heavy atom. The van der Waals surface area contributed by atoms with Gasteiger partial charge < -0.3 is 14.8 Å². The highest BCUT2D eigenvalue weighted by atomic mass is 79.9. The SMILES string of the molecule is CC(C)COc1ccccc1NC(=O)COc1ccc(Br)cc1C(C)(C)C.